The van der Waals surface area contributed by atoms with Gasteiger partial charge in [0.1, 0.15) is 5.82 Å². The van der Waals surface area contributed by atoms with Crippen LogP contribution in [0, 0.1) is 25.5 Å². The second-order valence-corrected chi connectivity index (χ2v) is 7.04. The number of aryl methyl sites for hydroxylation is 2. The fourth-order valence-corrected chi connectivity index (χ4v) is 3.47. The average Bonchev–Trinajstić information content (AvgIpc) is 3.04. The Morgan fingerprint density at radius 3 is 2.39 bits per heavy atom. The van der Waals surface area contributed by atoms with E-state index in [1.54, 1.807) is 23.1 Å². The van der Waals surface area contributed by atoms with Crippen molar-refractivity contribution in [3.63, 3.8) is 0 Å². The van der Waals surface area contributed by atoms with E-state index in [9.17, 15) is 8.78 Å². The number of rotatable bonds is 3. The van der Waals surface area contributed by atoms with Gasteiger partial charge in [-0.2, -0.15) is 5.10 Å². The van der Waals surface area contributed by atoms with Gasteiger partial charge in [0.15, 0.2) is 17.5 Å². The van der Waals surface area contributed by atoms with Crippen molar-refractivity contribution in [2.75, 3.05) is 18.0 Å². The maximum absolute atomic E-state index is 13.4. The van der Waals surface area contributed by atoms with Gasteiger partial charge in [-0.25, -0.2) is 18.4 Å². The highest BCUT2D eigenvalue weighted by Gasteiger charge is 2.17. The molecule has 144 valence electrons. The molecule has 7 heteroatoms. The summed E-state index contributed by atoms with van der Waals surface area (Å²) in [6.07, 6.45) is 7.09. The molecule has 0 saturated carbocycles. The van der Waals surface area contributed by atoms with Crippen LogP contribution in [0.15, 0.2) is 42.2 Å². The lowest BCUT2D eigenvalue weighted by molar-refractivity contribution is 0.508. The maximum Gasteiger partial charge on any atom is 0.174 e. The fraction of sp³-hybridized carbons (Fsp3) is 0.286. The van der Waals surface area contributed by atoms with Gasteiger partial charge in [-0.3, -0.25) is 4.98 Å². The highest BCUT2D eigenvalue weighted by atomic mass is 19.2. The van der Waals surface area contributed by atoms with Crippen LogP contribution in [0.5, 0.6) is 0 Å². The molecule has 1 saturated heterocycles. The summed E-state index contributed by atoms with van der Waals surface area (Å²) in [6.45, 7) is 5.53. The predicted molar refractivity (Wildman–Crippen MR) is 104 cm³/mol. The van der Waals surface area contributed by atoms with Crippen LogP contribution in [0.25, 0.3) is 11.9 Å². The van der Waals surface area contributed by atoms with Crippen molar-refractivity contribution < 1.29 is 8.78 Å². The lowest BCUT2D eigenvalue weighted by Crippen LogP contribution is -2.31. The van der Waals surface area contributed by atoms with Crippen LogP contribution in [-0.2, 0) is 0 Å². The number of benzene rings is 1. The van der Waals surface area contributed by atoms with E-state index in [0.717, 1.165) is 49.2 Å². The largest absolute Gasteiger partial charge is 0.355 e. The normalized spacial score (nSPS) is 14.4. The van der Waals surface area contributed by atoms with Crippen LogP contribution in [-0.4, -0.2) is 32.8 Å². The standard InChI is InChI=1S/C21H21F2N5/c1-14-9-15(2)28(26-14)21-13-24-12-20(25-21)27-7-5-16(6-8-27)10-17-3-4-18(22)19(23)11-17/h3-4,9-13H,5-8H2,1-2H3. The Hall–Kier alpha value is -3.09. The topological polar surface area (TPSA) is 46.8 Å². The molecular weight excluding hydrogens is 360 g/mol. The van der Waals surface area contributed by atoms with Gasteiger partial charge in [0.2, 0.25) is 0 Å². The van der Waals surface area contributed by atoms with E-state index in [0.29, 0.717) is 11.4 Å². The van der Waals surface area contributed by atoms with Crippen molar-refractivity contribution in [3.05, 3.63) is 70.8 Å². The Labute approximate surface area is 162 Å². The van der Waals surface area contributed by atoms with Gasteiger partial charge in [-0.1, -0.05) is 17.7 Å². The summed E-state index contributed by atoms with van der Waals surface area (Å²) in [5.41, 5.74) is 3.85. The second kappa shape index (κ2) is 7.50. The number of hydrogen-bond donors (Lipinski definition) is 0. The molecule has 1 fully saturated rings. The zero-order valence-corrected chi connectivity index (χ0v) is 15.9. The molecule has 0 amide bonds. The van der Waals surface area contributed by atoms with E-state index < -0.39 is 11.6 Å². The van der Waals surface area contributed by atoms with Crippen LogP contribution < -0.4 is 4.90 Å². The van der Waals surface area contributed by atoms with Gasteiger partial charge in [0, 0.05) is 18.8 Å². The summed E-state index contributed by atoms with van der Waals surface area (Å²) >= 11 is 0. The van der Waals surface area contributed by atoms with E-state index in [2.05, 4.69) is 15.0 Å². The molecule has 0 aliphatic carbocycles. The number of hydrogen-bond acceptors (Lipinski definition) is 4. The second-order valence-electron chi connectivity index (χ2n) is 7.04. The molecule has 1 aliphatic rings. The molecule has 1 aliphatic heterocycles. The van der Waals surface area contributed by atoms with Crippen LogP contribution in [0.4, 0.5) is 14.6 Å². The Bertz CT molecular complexity index is 1030. The Balaban J connectivity index is 1.48. The first-order chi connectivity index (χ1) is 13.5. The molecule has 4 rings (SSSR count). The Kier molecular flexibility index (Phi) is 4.90. The molecule has 0 bridgehead atoms. The summed E-state index contributed by atoms with van der Waals surface area (Å²) in [7, 11) is 0. The van der Waals surface area contributed by atoms with Crippen LogP contribution >= 0.6 is 0 Å². The summed E-state index contributed by atoms with van der Waals surface area (Å²) in [5, 5.41) is 4.47. The Morgan fingerprint density at radius 2 is 1.71 bits per heavy atom. The molecule has 0 spiro atoms. The third kappa shape index (κ3) is 3.78. The molecule has 3 heterocycles. The molecule has 0 atom stereocenters. The average molecular weight is 381 g/mol. The lowest BCUT2D eigenvalue weighted by atomic mass is 10.0. The van der Waals surface area contributed by atoms with Crippen LogP contribution in [0.1, 0.15) is 29.8 Å². The van der Waals surface area contributed by atoms with E-state index in [1.165, 1.54) is 11.6 Å². The number of aromatic nitrogens is 4. The Morgan fingerprint density at radius 1 is 0.964 bits per heavy atom. The van der Waals surface area contributed by atoms with E-state index in [4.69, 9.17) is 4.98 Å². The van der Waals surface area contributed by atoms with Crippen LogP contribution in [0.3, 0.4) is 0 Å². The summed E-state index contributed by atoms with van der Waals surface area (Å²) < 4.78 is 28.3. The minimum Gasteiger partial charge on any atom is -0.355 e. The lowest BCUT2D eigenvalue weighted by Gasteiger charge is -2.29. The smallest absolute Gasteiger partial charge is 0.174 e. The summed E-state index contributed by atoms with van der Waals surface area (Å²) in [5.74, 6) is -0.121. The molecule has 0 N–H and O–H groups in total. The first-order valence-corrected chi connectivity index (χ1v) is 9.25. The third-order valence-electron chi connectivity index (χ3n) is 4.88. The summed E-state index contributed by atoms with van der Waals surface area (Å²) in [4.78, 5) is 11.2. The van der Waals surface area contributed by atoms with Crippen LogP contribution in [0.2, 0.25) is 0 Å². The molecule has 28 heavy (non-hydrogen) atoms. The van der Waals surface area contributed by atoms with Gasteiger partial charge in [-0.15, -0.1) is 0 Å². The zero-order valence-electron chi connectivity index (χ0n) is 15.9. The highest BCUT2D eigenvalue weighted by molar-refractivity contribution is 5.54. The monoisotopic (exact) mass is 381 g/mol. The van der Waals surface area contributed by atoms with E-state index in [-0.39, 0.29) is 0 Å². The summed E-state index contributed by atoms with van der Waals surface area (Å²) in [6, 6.07) is 6.00. The molecule has 3 aromatic rings. The van der Waals surface area contributed by atoms with Crippen molar-refractivity contribution in [1.82, 2.24) is 19.7 Å². The molecule has 5 nitrogen and oxygen atoms in total. The van der Waals surface area contributed by atoms with Gasteiger partial charge in [0.05, 0.1) is 18.1 Å². The van der Waals surface area contributed by atoms with Gasteiger partial charge in [0.25, 0.3) is 0 Å². The quantitative estimate of drug-likeness (QED) is 0.681. The number of halogens is 2. The van der Waals surface area contributed by atoms with Gasteiger partial charge >= 0.3 is 0 Å². The third-order valence-corrected chi connectivity index (χ3v) is 4.88. The SMILES string of the molecule is Cc1cc(C)n(-c2cncc(N3CCC(=Cc4ccc(F)c(F)c4)CC3)n2)n1. The predicted octanol–water partition coefficient (Wildman–Crippen LogP) is 4.24. The van der Waals surface area contributed by atoms with Crippen molar-refractivity contribution in [2.45, 2.75) is 26.7 Å². The fourth-order valence-electron chi connectivity index (χ4n) is 3.47. The van der Waals surface area contributed by atoms with Crippen molar-refractivity contribution >= 4 is 11.9 Å². The van der Waals surface area contributed by atoms with Crippen molar-refractivity contribution in [2.24, 2.45) is 0 Å². The molecule has 2 aromatic heterocycles. The van der Waals surface area contributed by atoms with Crippen molar-refractivity contribution in [1.29, 1.82) is 0 Å². The first kappa shape index (κ1) is 18.3. The minimum absolute atomic E-state index is 0.689. The van der Waals surface area contributed by atoms with E-state index in [1.807, 2.05) is 26.0 Å². The van der Waals surface area contributed by atoms with E-state index >= 15 is 0 Å². The van der Waals surface area contributed by atoms with Gasteiger partial charge < -0.3 is 4.90 Å². The number of nitrogens with zero attached hydrogens (tertiary/aromatic N) is 5. The minimum atomic E-state index is -0.821. The highest BCUT2D eigenvalue weighted by Crippen LogP contribution is 2.24. The number of anilines is 1. The molecule has 0 unspecified atom stereocenters. The number of piperidine rings is 1. The molecule has 0 radical (unpaired) electrons. The zero-order chi connectivity index (χ0) is 19.7. The first-order valence-electron chi connectivity index (χ1n) is 9.25. The maximum atomic E-state index is 13.4. The molecule has 1 aromatic carbocycles. The van der Waals surface area contributed by atoms with Gasteiger partial charge in [-0.05, 0) is 50.5 Å². The van der Waals surface area contributed by atoms with Crippen molar-refractivity contribution in [3.8, 4) is 5.82 Å². The molecular formula is C21H21F2N5.